The van der Waals surface area contributed by atoms with Gasteiger partial charge < -0.3 is 15.5 Å². The number of likely N-dealkylation sites (tertiary alicyclic amines) is 1. The van der Waals surface area contributed by atoms with E-state index in [0.29, 0.717) is 25.2 Å². The highest BCUT2D eigenvalue weighted by Gasteiger charge is 2.38. The molecule has 1 fully saturated rings. The first kappa shape index (κ1) is 24.2. The molecule has 1 saturated heterocycles. The SMILES string of the molecule is CC(C)(C)[C@H](NC(=S)Nc1cc(C(F)(F)F)cc(C(F)(F)F)c1)C(=O)N1CCCC1. The lowest BCUT2D eigenvalue weighted by Crippen LogP contribution is -2.55. The zero-order chi connectivity index (χ0) is 22.9. The van der Waals surface area contributed by atoms with Crippen LogP contribution in [0, 0.1) is 5.41 Å². The van der Waals surface area contributed by atoms with Gasteiger partial charge in [-0.2, -0.15) is 26.3 Å². The summed E-state index contributed by atoms with van der Waals surface area (Å²) in [4.78, 5) is 14.5. The van der Waals surface area contributed by atoms with E-state index in [0.717, 1.165) is 12.8 Å². The summed E-state index contributed by atoms with van der Waals surface area (Å²) < 4.78 is 78.1. The van der Waals surface area contributed by atoms with Crippen LogP contribution in [0.25, 0.3) is 0 Å². The van der Waals surface area contributed by atoms with Crippen molar-refractivity contribution in [3.63, 3.8) is 0 Å². The molecule has 0 aromatic heterocycles. The van der Waals surface area contributed by atoms with E-state index in [1.54, 1.807) is 25.7 Å². The summed E-state index contributed by atoms with van der Waals surface area (Å²) in [5.41, 5.74) is -3.99. The second-order valence-corrected chi connectivity index (χ2v) is 8.63. The Bertz CT molecular complexity index is 763. The van der Waals surface area contributed by atoms with Gasteiger partial charge in [0.05, 0.1) is 11.1 Å². The van der Waals surface area contributed by atoms with Crippen molar-refractivity contribution >= 4 is 28.9 Å². The molecule has 168 valence electrons. The van der Waals surface area contributed by atoms with Crippen LogP contribution in [-0.4, -0.2) is 35.1 Å². The molecule has 0 spiro atoms. The maximum atomic E-state index is 13.0. The third-order valence-corrected chi connectivity index (χ3v) is 4.87. The number of hydrogen-bond donors (Lipinski definition) is 2. The van der Waals surface area contributed by atoms with E-state index in [-0.39, 0.29) is 17.1 Å². The van der Waals surface area contributed by atoms with Gasteiger partial charge in [0.1, 0.15) is 6.04 Å². The molecule has 1 aromatic carbocycles. The Balaban J connectivity index is 2.25. The maximum absolute atomic E-state index is 13.0. The quantitative estimate of drug-likeness (QED) is 0.495. The van der Waals surface area contributed by atoms with Crippen LogP contribution >= 0.6 is 12.2 Å². The average molecular weight is 455 g/mol. The lowest BCUT2D eigenvalue weighted by Gasteiger charge is -2.34. The first-order valence-electron chi connectivity index (χ1n) is 9.25. The van der Waals surface area contributed by atoms with Crippen LogP contribution in [0.2, 0.25) is 0 Å². The van der Waals surface area contributed by atoms with Gasteiger partial charge in [-0.25, -0.2) is 0 Å². The van der Waals surface area contributed by atoms with Crippen molar-refractivity contribution in [2.45, 2.75) is 52.0 Å². The number of nitrogens with zero attached hydrogens (tertiary/aromatic N) is 1. The molecule has 0 radical (unpaired) electrons. The van der Waals surface area contributed by atoms with Crippen molar-refractivity contribution in [3.05, 3.63) is 29.3 Å². The molecule has 1 amide bonds. The topological polar surface area (TPSA) is 44.4 Å². The van der Waals surface area contributed by atoms with Gasteiger partial charge in [0.25, 0.3) is 0 Å². The number of nitrogens with one attached hydrogen (secondary N) is 2. The molecule has 2 N–H and O–H groups in total. The van der Waals surface area contributed by atoms with Gasteiger partial charge in [0.2, 0.25) is 5.91 Å². The van der Waals surface area contributed by atoms with Gasteiger partial charge in [-0.1, -0.05) is 20.8 Å². The number of thiocarbonyl (C=S) groups is 1. The lowest BCUT2D eigenvalue weighted by atomic mass is 9.86. The Morgan fingerprint density at radius 3 is 1.83 bits per heavy atom. The van der Waals surface area contributed by atoms with Gasteiger partial charge in [-0.15, -0.1) is 0 Å². The van der Waals surface area contributed by atoms with E-state index < -0.39 is 40.6 Å². The van der Waals surface area contributed by atoms with E-state index in [4.69, 9.17) is 12.2 Å². The van der Waals surface area contributed by atoms with Crippen LogP contribution in [0.4, 0.5) is 32.0 Å². The minimum Gasteiger partial charge on any atom is -0.350 e. The molecule has 2 rings (SSSR count). The van der Waals surface area contributed by atoms with E-state index in [1.165, 1.54) is 0 Å². The molecule has 0 bridgehead atoms. The number of anilines is 1. The van der Waals surface area contributed by atoms with Crippen molar-refractivity contribution in [3.8, 4) is 0 Å². The number of carbonyl (C=O) groups excluding carboxylic acids is 1. The van der Waals surface area contributed by atoms with Gasteiger partial charge in [-0.3, -0.25) is 4.79 Å². The van der Waals surface area contributed by atoms with Gasteiger partial charge in [0.15, 0.2) is 5.11 Å². The molecular formula is C19H23F6N3OS. The highest BCUT2D eigenvalue weighted by Crippen LogP contribution is 2.37. The zero-order valence-corrected chi connectivity index (χ0v) is 17.5. The summed E-state index contributed by atoms with van der Waals surface area (Å²) in [5, 5.41) is 4.89. The molecule has 11 heteroatoms. The molecule has 4 nitrogen and oxygen atoms in total. The van der Waals surface area contributed by atoms with Crippen molar-refractivity contribution in [2.24, 2.45) is 5.41 Å². The third kappa shape index (κ3) is 6.23. The Labute approximate surface area is 176 Å². The Morgan fingerprint density at radius 1 is 0.967 bits per heavy atom. The molecular weight excluding hydrogens is 432 g/mol. The first-order chi connectivity index (χ1) is 13.6. The van der Waals surface area contributed by atoms with E-state index in [2.05, 4.69) is 10.6 Å². The second-order valence-electron chi connectivity index (χ2n) is 8.22. The van der Waals surface area contributed by atoms with Crippen LogP contribution in [0.3, 0.4) is 0 Å². The monoisotopic (exact) mass is 455 g/mol. The molecule has 0 saturated carbocycles. The molecule has 0 aliphatic carbocycles. The molecule has 0 unspecified atom stereocenters. The van der Waals surface area contributed by atoms with Gasteiger partial charge >= 0.3 is 12.4 Å². The Morgan fingerprint density at radius 2 is 1.43 bits per heavy atom. The highest BCUT2D eigenvalue weighted by atomic mass is 32.1. The minimum atomic E-state index is -4.97. The number of alkyl halides is 6. The fourth-order valence-corrected chi connectivity index (χ4v) is 3.33. The van der Waals surface area contributed by atoms with Crippen molar-refractivity contribution < 1.29 is 31.1 Å². The summed E-state index contributed by atoms with van der Waals surface area (Å²) in [7, 11) is 0. The zero-order valence-electron chi connectivity index (χ0n) is 16.7. The van der Waals surface area contributed by atoms with E-state index in [9.17, 15) is 31.1 Å². The van der Waals surface area contributed by atoms with Gasteiger partial charge in [0, 0.05) is 18.8 Å². The van der Waals surface area contributed by atoms with Gasteiger partial charge in [-0.05, 0) is 48.7 Å². The average Bonchev–Trinajstić information content (AvgIpc) is 3.11. The maximum Gasteiger partial charge on any atom is 0.416 e. The predicted molar refractivity (Wildman–Crippen MR) is 105 cm³/mol. The van der Waals surface area contributed by atoms with E-state index in [1.807, 2.05) is 0 Å². The number of hydrogen-bond acceptors (Lipinski definition) is 2. The number of amides is 1. The Kier molecular flexibility index (Phi) is 6.95. The smallest absolute Gasteiger partial charge is 0.350 e. The van der Waals surface area contributed by atoms with Crippen LogP contribution in [0.15, 0.2) is 18.2 Å². The first-order valence-corrected chi connectivity index (χ1v) is 9.65. The molecule has 1 aliphatic rings. The molecule has 1 aromatic rings. The summed E-state index contributed by atoms with van der Waals surface area (Å²) in [5.74, 6) is -0.218. The number of halogens is 6. The standard InChI is InChI=1S/C19H23F6N3OS/c1-17(2,3)14(15(29)28-6-4-5-7-28)27-16(30)26-13-9-11(18(20,21)22)8-12(10-13)19(23,24)25/h8-10,14H,4-7H2,1-3H3,(H2,26,27,30)/t14-/m1/s1. The largest absolute Gasteiger partial charge is 0.416 e. The summed E-state index contributed by atoms with van der Waals surface area (Å²) in [6, 6.07) is 0.314. The summed E-state index contributed by atoms with van der Waals surface area (Å²) in [6.07, 6.45) is -8.19. The number of benzene rings is 1. The normalized spacial score (nSPS) is 16.4. The predicted octanol–water partition coefficient (Wildman–Crippen LogP) is 5.05. The summed E-state index contributed by atoms with van der Waals surface area (Å²) >= 11 is 5.09. The van der Waals surface area contributed by atoms with E-state index >= 15 is 0 Å². The minimum absolute atomic E-state index is 0.0382. The van der Waals surface area contributed by atoms with Crippen molar-refractivity contribution in [2.75, 3.05) is 18.4 Å². The van der Waals surface area contributed by atoms with Crippen molar-refractivity contribution in [1.29, 1.82) is 0 Å². The molecule has 30 heavy (non-hydrogen) atoms. The van der Waals surface area contributed by atoms with Crippen LogP contribution < -0.4 is 10.6 Å². The second kappa shape index (κ2) is 8.60. The number of carbonyl (C=O) groups is 1. The van der Waals surface area contributed by atoms with Crippen LogP contribution in [0.1, 0.15) is 44.7 Å². The van der Waals surface area contributed by atoms with Crippen LogP contribution in [0.5, 0.6) is 0 Å². The fourth-order valence-electron chi connectivity index (χ4n) is 3.09. The third-order valence-electron chi connectivity index (χ3n) is 4.65. The van der Waals surface area contributed by atoms with Crippen LogP contribution in [-0.2, 0) is 17.1 Å². The Hall–Kier alpha value is -2.04. The molecule has 1 aliphatic heterocycles. The summed E-state index contributed by atoms with van der Waals surface area (Å²) in [6.45, 7) is 6.54. The lowest BCUT2D eigenvalue weighted by molar-refractivity contribution is -0.143. The molecule has 1 heterocycles. The fraction of sp³-hybridized carbons (Fsp3) is 0.579. The molecule has 1 atom stereocenters. The number of rotatable bonds is 3. The van der Waals surface area contributed by atoms with Crippen molar-refractivity contribution in [1.82, 2.24) is 10.2 Å². The highest BCUT2D eigenvalue weighted by molar-refractivity contribution is 7.80.